The molecule has 2 aromatic rings. The van der Waals surface area contributed by atoms with Crippen LogP contribution in [0.25, 0.3) is 0 Å². The maximum absolute atomic E-state index is 5.81. The number of rotatable bonds is 5. The molecule has 0 amide bonds. The largest absolute Gasteiger partial charge is 0.497 e. The number of ether oxygens (including phenoxy) is 2. The van der Waals surface area contributed by atoms with E-state index in [0.29, 0.717) is 23.0 Å². The number of methoxy groups -OCH3 is 1. The minimum absolute atomic E-state index is 0.292. The van der Waals surface area contributed by atoms with Crippen molar-refractivity contribution in [2.24, 2.45) is 5.73 Å². The Bertz CT molecular complexity index is 671. The highest BCUT2D eigenvalue weighted by atomic mass is 32.1. The van der Waals surface area contributed by atoms with Gasteiger partial charge in [-0.1, -0.05) is 24.4 Å². The number of aromatic nitrogens is 1. The molecule has 5 heteroatoms. The average Bonchev–Trinajstić information content (AvgIpc) is 2.44. The summed E-state index contributed by atoms with van der Waals surface area (Å²) in [6.45, 7) is 4.24. The summed E-state index contributed by atoms with van der Waals surface area (Å²) >= 11 is 5.09. The summed E-state index contributed by atoms with van der Waals surface area (Å²) < 4.78 is 11.0. The molecule has 1 aromatic carbocycles. The van der Waals surface area contributed by atoms with E-state index in [2.05, 4.69) is 4.98 Å². The van der Waals surface area contributed by atoms with Crippen LogP contribution in [-0.4, -0.2) is 17.1 Å². The van der Waals surface area contributed by atoms with Crippen molar-refractivity contribution in [3.8, 4) is 11.6 Å². The molecular weight excluding hydrogens is 284 g/mol. The van der Waals surface area contributed by atoms with E-state index in [9.17, 15) is 0 Å². The Morgan fingerprint density at radius 3 is 2.71 bits per heavy atom. The molecular formula is C16H18N2O2S. The summed E-state index contributed by atoms with van der Waals surface area (Å²) in [5, 5.41) is 0. The molecule has 21 heavy (non-hydrogen) atoms. The van der Waals surface area contributed by atoms with Gasteiger partial charge in [-0.05, 0) is 43.2 Å². The molecule has 110 valence electrons. The van der Waals surface area contributed by atoms with E-state index in [-0.39, 0.29) is 0 Å². The fourth-order valence-corrected chi connectivity index (χ4v) is 2.37. The second-order valence-electron chi connectivity index (χ2n) is 4.77. The zero-order valence-electron chi connectivity index (χ0n) is 12.3. The molecule has 0 aliphatic heterocycles. The topological polar surface area (TPSA) is 57.4 Å². The Morgan fingerprint density at radius 2 is 2.05 bits per heavy atom. The second kappa shape index (κ2) is 6.54. The number of hydrogen-bond donors (Lipinski definition) is 1. The van der Waals surface area contributed by atoms with Crippen molar-refractivity contribution in [1.82, 2.24) is 4.98 Å². The van der Waals surface area contributed by atoms with Crippen molar-refractivity contribution in [1.29, 1.82) is 0 Å². The van der Waals surface area contributed by atoms with Crippen LogP contribution in [0.3, 0.4) is 0 Å². The van der Waals surface area contributed by atoms with Gasteiger partial charge >= 0.3 is 0 Å². The number of pyridine rings is 1. The summed E-state index contributed by atoms with van der Waals surface area (Å²) in [6.07, 6.45) is 0. The smallest absolute Gasteiger partial charge is 0.224 e. The van der Waals surface area contributed by atoms with E-state index in [4.69, 9.17) is 27.4 Å². The molecule has 0 unspecified atom stereocenters. The molecule has 0 radical (unpaired) electrons. The average molecular weight is 302 g/mol. The summed E-state index contributed by atoms with van der Waals surface area (Å²) in [5.74, 6) is 1.27. The monoisotopic (exact) mass is 302 g/mol. The van der Waals surface area contributed by atoms with Gasteiger partial charge in [-0.3, -0.25) is 0 Å². The first-order chi connectivity index (χ1) is 10.0. The molecule has 0 saturated carbocycles. The number of hydrogen-bond acceptors (Lipinski definition) is 4. The third-order valence-corrected chi connectivity index (χ3v) is 3.27. The number of nitrogens with two attached hydrogens (primary N) is 1. The number of thiocarbonyl (C=S) groups is 1. The second-order valence-corrected chi connectivity index (χ2v) is 5.20. The summed E-state index contributed by atoms with van der Waals surface area (Å²) in [6, 6.07) is 9.63. The van der Waals surface area contributed by atoms with E-state index >= 15 is 0 Å². The van der Waals surface area contributed by atoms with Crippen molar-refractivity contribution in [3.63, 3.8) is 0 Å². The molecule has 0 fully saturated rings. The molecule has 0 aliphatic rings. The molecule has 0 bridgehead atoms. The van der Waals surface area contributed by atoms with Gasteiger partial charge in [0, 0.05) is 5.69 Å². The maximum Gasteiger partial charge on any atom is 0.224 e. The van der Waals surface area contributed by atoms with E-state index in [1.165, 1.54) is 0 Å². The van der Waals surface area contributed by atoms with Gasteiger partial charge in [0.2, 0.25) is 5.88 Å². The van der Waals surface area contributed by atoms with Crippen molar-refractivity contribution in [3.05, 3.63) is 52.7 Å². The Balaban J connectivity index is 2.25. The normalized spacial score (nSPS) is 10.2. The first kappa shape index (κ1) is 15.3. The minimum Gasteiger partial charge on any atom is -0.497 e. The first-order valence-corrected chi connectivity index (χ1v) is 6.96. The quantitative estimate of drug-likeness (QED) is 0.861. The molecule has 0 atom stereocenters. The highest BCUT2D eigenvalue weighted by molar-refractivity contribution is 7.80. The Kier molecular flexibility index (Phi) is 4.75. The summed E-state index contributed by atoms with van der Waals surface area (Å²) in [5.41, 5.74) is 9.29. The molecule has 0 spiro atoms. The zero-order valence-corrected chi connectivity index (χ0v) is 13.2. The lowest BCUT2D eigenvalue weighted by Crippen LogP contribution is -2.15. The van der Waals surface area contributed by atoms with Crippen LogP contribution in [0.5, 0.6) is 11.6 Å². The Labute approximate surface area is 129 Å². The minimum atomic E-state index is 0.292. The van der Waals surface area contributed by atoms with E-state index in [0.717, 1.165) is 22.6 Å². The predicted octanol–water partition coefficient (Wildman–Crippen LogP) is 2.92. The van der Waals surface area contributed by atoms with Crippen LogP contribution < -0.4 is 15.2 Å². The van der Waals surface area contributed by atoms with E-state index in [1.807, 2.05) is 44.2 Å². The van der Waals surface area contributed by atoms with E-state index < -0.39 is 0 Å². The lowest BCUT2D eigenvalue weighted by atomic mass is 10.1. The summed E-state index contributed by atoms with van der Waals surface area (Å²) in [4.78, 5) is 4.68. The fourth-order valence-electron chi connectivity index (χ4n) is 2.12. The van der Waals surface area contributed by atoms with Crippen molar-refractivity contribution in [2.45, 2.75) is 20.5 Å². The van der Waals surface area contributed by atoms with Crippen LogP contribution in [0.1, 0.15) is 22.4 Å². The van der Waals surface area contributed by atoms with Crippen molar-refractivity contribution in [2.75, 3.05) is 7.11 Å². The van der Waals surface area contributed by atoms with Gasteiger partial charge in [-0.25, -0.2) is 4.98 Å². The van der Waals surface area contributed by atoms with Crippen LogP contribution in [0.4, 0.5) is 0 Å². The van der Waals surface area contributed by atoms with Crippen LogP contribution in [0, 0.1) is 13.8 Å². The Morgan fingerprint density at radius 1 is 1.29 bits per heavy atom. The van der Waals surface area contributed by atoms with Crippen molar-refractivity contribution < 1.29 is 9.47 Å². The molecule has 0 aliphatic carbocycles. The predicted molar refractivity (Wildman–Crippen MR) is 86.9 cm³/mol. The standard InChI is InChI=1S/C16H18N2O2S/c1-10-7-11(2)18-16(14(10)15(17)21)20-9-12-5-4-6-13(8-12)19-3/h4-8H,9H2,1-3H3,(H2,17,21). The number of aryl methyl sites for hydroxylation is 2. The zero-order chi connectivity index (χ0) is 15.4. The maximum atomic E-state index is 5.81. The highest BCUT2D eigenvalue weighted by Crippen LogP contribution is 2.22. The van der Waals surface area contributed by atoms with E-state index in [1.54, 1.807) is 7.11 Å². The number of nitrogens with zero attached hydrogens (tertiary/aromatic N) is 1. The summed E-state index contributed by atoms with van der Waals surface area (Å²) in [7, 11) is 1.64. The van der Waals surface area contributed by atoms with Gasteiger partial charge in [0.15, 0.2) is 0 Å². The van der Waals surface area contributed by atoms with Gasteiger partial charge in [0.25, 0.3) is 0 Å². The van der Waals surface area contributed by atoms with Gasteiger partial charge in [-0.2, -0.15) is 0 Å². The molecule has 4 nitrogen and oxygen atoms in total. The molecule has 0 saturated heterocycles. The van der Waals surface area contributed by atoms with Crippen LogP contribution in [0.15, 0.2) is 30.3 Å². The molecule has 1 aromatic heterocycles. The third kappa shape index (κ3) is 3.70. The molecule has 2 N–H and O–H groups in total. The SMILES string of the molecule is COc1cccc(COc2nc(C)cc(C)c2C(N)=S)c1. The lowest BCUT2D eigenvalue weighted by molar-refractivity contribution is 0.291. The van der Waals surface area contributed by atoms with Crippen LogP contribution in [-0.2, 0) is 6.61 Å². The highest BCUT2D eigenvalue weighted by Gasteiger charge is 2.13. The number of benzene rings is 1. The van der Waals surface area contributed by atoms with Gasteiger partial charge in [0.1, 0.15) is 17.3 Å². The van der Waals surface area contributed by atoms with Gasteiger partial charge < -0.3 is 15.2 Å². The third-order valence-electron chi connectivity index (χ3n) is 3.07. The first-order valence-electron chi connectivity index (χ1n) is 6.55. The van der Waals surface area contributed by atoms with Gasteiger partial charge in [0.05, 0.1) is 12.7 Å². The fraction of sp³-hybridized carbons (Fsp3) is 0.250. The Hall–Kier alpha value is -2.14. The van der Waals surface area contributed by atoms with Crippen LogP contribution in [0.2, 0.25) is 0 Å². The lowest BCUT2D eigenvalue weighted by Gasteiger charge is -2.13. The van der Waals surface area contributed by atoms with Crippen molar-refractivity contribution >= 4 is 17.2 Å². The van der Waals surface area contributed by atoms with Crippen LogP contribution >= 0.6 is 12.2 Å². The van der Waals surface area contributed by atoms with Gasteiger partial charge in [-0.15, -0.1) is 0 Å². The molecule has 2 rings (SSSR count). The molecule has 1 heterocycles.